The minimum absolute atomic E-state index is 0.201. The van der Waals surface area contributed by atoms with Crippen molar-refractivity contribution < 1.29 is 9.53 Å². The van der Waals surface area contributed by atoms with Gasteiger partial charge in [0, 0.05) is 5.25 Å². The van der Waals surface area contributed by atoms with Crippen LogP contribution in [0.1, 0.15) is 38.3 Å². The van der Waals surface area contributed by atoms with Crippen molar-refractivity contribution in [2.75, 3.05) is 5.32 Å². The molecule has 1 atom stereocenters. The maximum absolute atomic E-state index is 12.4. The van der Waals surface area contributed by atoms with Crippen LogP contribution in [-0.4, -0.2) is 27.5 Å². The lowest BCUT2D eigenvalue weighted by Gasteiger charge is -2.17. The number of anilines is 1. The van der Waals surface area contributed by atoms with Gasteiger partial charge in [-0.15, -0.1) is 10.2 Å². The number of amides is 1. The van der Waals surface area contributed by atoms with Crippen molar-refractivity contribution in [3.05, 3.63) is 29.3 Å². The number of benzene rings is 1. The van der Waals surface area contributed by atoms with Crippen LogP contribution in [0, 0.1) is 13.8 Å². The Kier molecular flexibility index (Phi) is 6.62. The van der Waals surface area contributed by atoms with Crippen molar-refractivity contribution in [3.8, 4) is 5.75 Å². The van der Waals surface area contributed by atoms with Gasteiger partial charge in [-0.2, -0.15) is 0 Å². The quantitative estimate of drug-likeness (QED) is 0.580. The topological polar surface area (TPSA) is 64.1 Å². The summed E-state index contributed by atoms with van der Waals surface area (Å²) >= 11 is 3.01. The smallest absolute Gasteiger partial charge is 0.267 e. The third kappa shape index (κ3) is 5.21. The van der Waals surface area contributed by atoms with Gasteiger partial charge in [-0.1, -0.05) is 49.9 Å². The Morgan fingerprint density at radius 2 is 2.04 bits per heavy atom. The van der Waals surface area contributed by atoms with E-state index in [4.69, 9.17) is 4.74 Å². The molecule has 2 aromatic rings. The SMILES string of the molecule is CC[C@H](Oc1ccc(C)c(C)c1)C(=O)Nc1nnc(SC(C)C)s1. The second-order valence-electron chi connectivity index (χ2n) is 5.79. The molecule has 1 heterocycles. The van der Waals surface area contributed by atoms with E-state index in [9.17, 15) is 4.79 Å². The fraction of sp³-hybridized carbons (Fsp3) is 0.471. The molecule has 0 aliphatic heterocycles. The molecule has 7 heteroatoms. The molecule has 0 aliphatic rings. The van der Waals surface area contributed by atoms with Crippen LogP contribution in [-0.2, 0) is 4.79 Å². The van der Waals surface area contributed by atoms with Gasteiger partial charge in [-0.3, -0.25) is 10.1 Å². The van der Waals surface area contributed by atoms with Gasteiger partial charge in [0.15, 0.2) is 10.4 Å². The molecule has 0 aliphatic carbocycles. The zero-order valence-electron chi connectivity index (χ0n) is 14.6. The summed E-state index contributed by atoms with van der Waals surface area (Å²) in [6.07, 6.45) is 0.0164. The van der Waals surface area contributed by atoms with Gasteiger partial charge in [0.25, 0.3) is 5.91 Å². The summed E-state index contributed by atoms with van der Waals surface area (Å²) in [7, 11) is 0. The van der Waals surface area contributed by atoms with E-state index in [1.807, 2.05) is 39.0 Å². The zero-order valence-corrected chi connectivity index (χ0v) is 16.3. The summed E-state index contributed by atoms with van der Waals surface area (Å²) in [5.41, 5.74) is 2.34. The van der Waals surface area contributed by atoms with Crippen LogP contribution >= 0.6 is 23.1 Å². The number of carbonyl (C=O) groups is 1. The molecule has 0 bridgehead atoms. The van der Waals surface area contributed by atoms with Crippen molar-refractivity contribution in [3.63, 3.8) is 0 Å². The average Bonchev–Trinajstić information content (AvgIpc) is 2.94. The number of hydrogen-bond acceptors (Lipinski definition) is 6. The normalized spacial score (nSPS) is 12.2. The summed E-state index contributed by atoms with van der Waals surface area (Å²) in [6, 6.07) is 5.84. The van der Waals surface area contributed by atoms with E-state index >= 15 is 0 Å². The van der Waals surface area contributed by atoms with E-state index in [0.29, 0.717) is 22.6 Å². The van der Waals surface area contributed by atoms with E-state index < -0.39 is 6.10 Å². The van der Waals surface area contributed by atoms with Gasteiger partial charge in [0.05, 0.1) is 0 Å². The molecule has 0 saturated heterocycles. The number of rotatable bonds is 7. The van der Waals surface area contributed by atoms with E-state index in [1.165, 1.54) is 16.9 Å². The Labute approximate surface area is 151 Å². The molecule has 0 radical (unpaired) electrons. The van der Waals surface area contributed by atoms with E-state index in [1.54, 1.807) is 11.8 Å². The lowest BCUT2D eigenvalue weighted by Crippen LogP contribution is -2.32. The molecule has 0 saturated carbocycles. The third-order valence-corrected chi connectivity index (χ3v) is 5.32. The first-order valence-corrected chi connectivity index (χ1v) is 9.63. The highest BCUT2D eigenvalue weighted by atomic mass is 32.2. The maximum atomic E-state index is 12.4. The number of nitrogens with zero attached hydrogens (tertiary/aromatic N) is 2. The van der Waals surface area contributed by atoms with Crippen molar-refractivity contribution in [1.82, 2.24) is 10.2 Å². The summed E-state index contributed by atoms with van der Waals surface area (Å²) in [5, 5.41) is 11.8. The molecule has 2 rings (SSSR count). The van der Waals surface area contributed by atoms with E-state index in [0.717, 1.165) is 9.90 Å². The van der Waals surface area contributed by atoms with Crippen LogP contribution < -0.4 is 10.1 Å². The van der Waals surface area contributed by atoms with Gasteiger partial charge < -0.3 is 4.74 Å². The molecule has 1 amide bonds. The molecule has 5 nitrogen and oxygen atoms in total. The van der Waals surface area contributed by atoms with Crippen LogP contribution in [0.2, 0.25) is 0 Å². The summed E-state index contributed by atoms with van der Waals surface area (Å²) in [6.45, 7) is 10.2. The standard InChI is InChI=1S/C17H23N3O2S2/c1-6-14(22-13-8-7-11(4)12(5)9-13)15(21)18-16-19-20-17(24-16)23-10(2)3/h7-10,14H,6H2,1-5H3,(H,18,19,21)/t14-/m0/s1. The Morgan fingerprint density at radius 3 is 2.67 bits per heavy atom. The van der Waals surface area contributed by atoms with Crippen LogP contribution in [0.4, 0.5) is 5.13 Å². The van der Waals surface area contributed by atoms with Crippen molar-refractivity contribution >= 4 is 34.1 Å². The summed E-state index contributed by atoms with van der Waals surface area (Å²) < 4.78 is 6.69. The lowest BCUT2D eigenvalue weighted by molar-refractivity contribution is -0.122. The zero-order chi connectivity index (χ0) is 17.7. The summed E-state index contributed by atoms with van der Waals surface area (Å²) in [5.74, 6) is 0.501. The Hall–Kier alpha value is -1.60. The van der Waals surface area contributed by atoms with Gasteiger partial charge >= 0.3 is 0 Å². The number of hydrogen-bond donors (Lipinski definition) is 1. The first-order chi connectivity index (χ1) is 11.4. The van der Waals surface area contributed by atoms with Crippen molar-refractivity contribution in [2.24, 2.45) is 0 Å². The van der Waals surface area contributed by atoms with Crippen molar-refractivity contribution in [1.29, 1.82) is 0 Å². The number of thioether (sulfide) groups is 1. The van der Waals surface area contributed by atoms with Gasteiger partial charge in [-0.25, -0.2) is 0 Å². The number of carbonyl (C=O) groups excluding carboxylic acids is 1. The number of ether oxygens (including phenoxy) is 1. The van der Waals surface area contributed by atoms with Gasteiger partial charge in [0.1, 0.15) is 5.75 Å². The van der Waals surface area contributed by atoms with Crippen LogP contribution in [0.3, 0.4) is 0 Å². The Bertz CT molecular complexity index is 701. The number of aryl methyl sites for hydroxylation is 2. The Balaban J connectivity index is 2.00. The van der Waals surface area contributed by atoms with Crippen LogP contribution in [0.15, 0.2) is 22.5 Å². The molecule has 130 valence electrons. The minimum Gasteiger partial charge on any atom is -0.481 e. The fourth-order valence-corrected chi connectivity index (χ4v) is 3.95. The molecule has 1 aromatic carbocycles. The highest BCUT2D eigenvalue weighted by Crippen LogP contribution is 2.28. The van der Waals surface area contributed by atoms with Crippen LogP contribution in [0.5, 0.6) is 5.75 Å². The van der Waals surface area contributed by atoms with Gasteiger partial charge in [0.2, 0.25) is 5.13 Å². The molecule has 0 unspecified atom stereocenters. The second kappa shape index (κ2) is 8.48. The predicted octanol–water partition coefficient (Wildman–Crippen LogP) is 4.45. The maximum Gasteiger partial charge on any atom is 0.267 e. The molecule has 1 aromatic heterocycles. The molecular formula is C17H23N3O2S2. The largest absolute Gasteiger partial charge is 0.481 e. The first kappa shape index (κ1) is 18.7. The van der Waals surface area contributed by atoms with E-state index in [2.05, 4.69) is 29.4 Å². The van der Waals surface area contributed by atoms with Crippen LogP contribution in [0.25, 0.3) is 0 Å². The molecule has 0 fully saturated rings. The average molecular weight is 366 g/mol. The van der Waals surface area contributed by atoms with Gasteiger partial charge in [-0.05, 0) is 43.5 Å². The molecule has 0 spiro atoms. The molecular weight excluding hydrogens is 342 g/mol. The minimum atomic E-state index is -0.558. The Morgan fingerprint density at radius 1 is 1.29 bits per heavy atom. The monoisotopic (exact) mass is 365 g/mol. The number of nitrogens with one attached hydrogen (secondary N) is 1. The van der Waals surface area contributed by atoms with Crippen molar-refractivity contribution in [2.45, 2.75) is 56.7 Å². The highest BCUT2D eigenvalue weighted by Gasteiger charge is 2.20. The molecule has 1 N–H and O–H groups in total. The second-order valence-corrected chi connectivity index (χ2v) is 8.59. The highest BCUT2D eigenvalue weighted by molar-refractivity contribution is 8.01. The predicted molar refractivity (Wildman–Crippen MR) is 100 cm³/mol. The lowest BCUT2D eigenvalue weighted by atomic mass is 10.1. The first-order valence-electron chi connectivity index (χ1n) is 7.94. The van der Waals surface area contributed by atoms with E-state index in [-0.39, 0.29) is 5.91 Å². The molecule has 24 heavy (non-hydrogen) atoms. The fourth-order valence-electron chi connectivity index (χ4n) is 1.97. The summed E-state index contributed by atoms with van der Waals surface area (Å²) in [4.78, 5) is 12.4. The third-order valence-electron chi connectivity index (χ3n) is 3.39. The number of aromatic nitrogens is 2.